The van der Waals surface area contributed by atoms with Gasteiger partial charge in [-0.2, -0.15) is 8.42 Å². The molecule has 0 bridgehead atoms. The van der Waals surface area contributed by atoms with E-state index < -0.39 is 45.5 Å². The van der Waals surface area contributed by atoms with Crippen LogP contribution in [0.25, 0.3) is 0 Å². The van der Waals surface area contributed by atoms with E-state index in [-0.39, 0.29) is 42.1 Å². The molecule has 0 saturated carbocycles. The largest absolute Gasteiger partial charge is 0.493 e. The summed E-state index contributed by atoms with van der Waals surface area (Å²) in [4.78, 5) is 25.6. The number of ether oxygens (including phenoxy) is 10. The van der Waals surface area contributed by atoms with Gasteiger partial charge in [-0.1, -0.05) is 17.7 Å². The van der Waals surface area contributed by atoms with E-state index in [9.17, 15) is 22.4 Å². The van der Waals surface area contributed by atoms with Crippen molar-refractivity contribution in [3.8, 4) is 46.0 Å². The smallest absolute Gasteiger partial charge is 0.338 e. The molecular weight excluding hydrogens is 903 g/mol. The average Bonchev–Trinajstić information content (AvgIpc) is 3.30. The summed E-state index contributed by atoms with van der Waals surface area (Å²) in [5.74, 6) is 2.42. The highest BCUT2D eigenvalue weighted by molar-refractivity contribution is 7.86. The van der Waals surface area contributed by atoms with E-state index in [1.807, 2.05) is 34.6 Å². The minimum atomic E-state index is -4.07. The van der Waals surface area contributed by atoms with Gasteiger partial charge in [-0.05, 0) is 119 Å². The molecule has 0 fully saturated rings. The van der Waals surface area contributed by atoms with Crippen molar-refractivity contribution in [2.45, 2.75) is 89.0 Å². The molecule has 2 heterocycles. The predicted molar refractivity (Wildman–Crippen MR) is 248 cm³/mol. The first kappa shape index (κ1) is 50.7. The summed E-state index contributed by atoms with van der Waals surface area (Å²) in [6.45, 7) is 9.18. The van der Waals surface area contributed by atoms with Crippen LogP contribution in [0.4, 0.5) is 4.39 Å². The molecular formula is C51H57FO15S. The quantitative estimate of drug-likeness (QED) is 0.0717. The highest BCUT2D eigenvalue weighted by atomic mass is 32.2. The first-order valence-corrected chi connectivity index (χ1v) is 22.9. The van der Waals surface area contributed by atoms with Gasteiger partial charge in [0.15, 0.2) is 23.0 Å². The highest BCUT2D eigenvalue weighted by Gasteiger charge is 2.38. The number of esters is 2. The van der Waals surface area contributed by atoms with Crippen LogP contribution >= 0.6 is 0 Å². The Morgan fingerprint density at radius 3 is 1.43 bits per heavy atom. The van der Waals surface area contributed by atoms with E-state index in [0.717, 1.165) is 5.56 Å². The van der Waals surface area contributed by atoms with Crippen molar-refractivity contribution in [1.82, 2.24) is 0 Å². The number of hydrogen-bond donors (Lipinski definition) is 0. The zero-order chi connectivity index (χ0) is 49.6. The SMILES string of the molecule is COc1cc(COC(=O)c2ccc3c(c2)C(OS(=O)(=O)c2ccc(C)cc2)CC(C)(C)O3)cc(OC)c1OC.COc1cc(COC(=O)c2ccc3c(c2)C([18F])CC(C)(C)O3)cc(OC)c1OC. The van der Waals surface area contributed by atoms with E-state index in [2.05, 4.69) is 0 Å². The molecule has 364 valence electrons. The lowest BCUT2D eigenvalue weighted by atomic mass is 9.91. The Kier molecular flexibility index (Phi) is 15.7. The maximum Gasteiger partial charge on any atom is 0.338 e. The predicted octanol–water partition coefficient (Wildman–Crippen LogP) is 10.0. The van der Waals surface area contributed by atoms with Crippen LogP contribution in [-0.2, 0) is 37.0 Å². The molecule has 0 amide bonds. The highest BCUT2D eigenvalue weighted by Crippen LogP contribution is 2.45. The van der Waals surface area contributed by atoms with Gasteiger partial charge < -0.3 is 47.4 Å². The molecule has 17 heteroatoms. The van der Waals surface area contributed by atoms with Crippen LogP contribution < -0.4 is 37.9 Å². The Hall–Kier alpha value is -6.72. The molecule has 0 saturated heterocycles. The summed E-state index contributed by atoms with van der Waals surface area (Å²) in [6, 6.07) is 22.6. The number of alkyl halides is 1. The Morgan fingerprint density at radius 1 is 0.588 bits per heavy atom. The topological polar surface area (TPSA) is 170 Å². The standard InChI is InChI=1S/C29H32O9S.C22H25FO6/c1-18-7-10-21(11-8-18)39(31,32)38-26-16-29(2,3)37-23-12-9-20(15-22(23)26)28(30)36-17-19-13-24(33-4)27(35-6)25(14-19)34-5;1-22(2)11-16(23)15-10-14(6-7-17(15)29-22)21(24)28-12-13-8-18(25-3)20(27-5)19(9-13)26-4/h7-15,26H,16-17H2,1-6H3;6-10,16H,11-12H2,1-5H3/i;23-1. The van der Waals surface area contributed by atoms with Gasteiger partial charge >= 0.3 is 11.9 Å². The van der Waals surface area contributed by atoms with Crippen molar-refractivity contribution in [2.24, 2.45) is 0 Å². The molecule has 15 nitrogen and oxygen atoms in total. The third-order valence-electron chi connectivity index (χ3n) is 11.0. The van der Waals surface area contributed by atoms with Crippen LogP contribution in [0.1, 0.15) is 101 Å². The first-order valence-electron chi connectivity index (χ1n) is 21.5. The number of halogens is 1. The van der Waals surface area contributed by atoms with Crippen LogP contribution in [0.5, 0.6) is 46.0 Å². The molecule has 5 aromatic rings. The fourth-order valence-corrected chi connectivity index (χ4v) is 8.77. The van der Waals surface area contributed by atoms with Gasteiger partial charge in [-0.15, -0.1) is 0 Å². The van der Waals surface area contributed by atoms with Gasteiger partial charge in [-0.3, -0.25) is 4.18 Å². The number of hydrogen-bond acceptors (Lipinski definition) is 15. The minimum absolute atomic E-state index is 0.00474. The van der Waals surface area contributed by atoms with Crippen molar-refractivity contribution in [3.05, 3.63) is 124 Å². The normalized spacial score (nSPS) is 16.4. The molecule has 0 N–H and O–H groups in total. The monoisotopic (exact) mass is 959 g/mol. The van der Waals surface area contributed by atoms with Gasteiger partial charge in [0, 0.05) is 24.0 Å². The molecule has 7 rings (SSSR count). The summed E-state index contributed by atoms with van der Waals surface area (Å²) in [5.41, 5.74) is 2.27. The lowest BCUT2D eigenvalue weighted by molar-refractivity contribution is 0.0243. The Balaban J connectivity index is 0.000000234. The maximum absolute atomic E-state index is 14.5. The van der Waals surface area contributed by atoms with Crippen molar-refractivity contribution in [1.29, 1.82) is 0 Å². The summed E-state index contributed by atoms with van der Waals surface area (Å²) in [5, 5.41) is 0. The van der Waals surface area contributed by atoms with E-state index in [0.29, 0.717) is 68.2 Å². The van der Waals surface area contributed by atoms with Gasteiger partial charge in [0.1, 0.15) is 48.2 Å². The van der Waals surface area contributed by atoms with Crippen molar-refractivity contribution in [2.75, 3.05) is 42.7 Å². The molecule has 5 aromatic carbocycles. The summed E-state index contributed by atoms with van der Waals surface area (Å²) in [6.07, 6.45) is -1.58. The number of aryl methyl sites for hydroxylation is 1. The molecule has 2 atom stereocenters. The first-order chi connectivity index (χ1) is 32.2. The average molecular weight is 960 g/mol. The van der Waals surface area contributed by atoms with Gasteiger partial charge in [0.2, 0.25) is 11.5 Å². The van der Waals surface area contributed by atoms with E-state index in [1.54, 1.807) is 66.7 Å². The molecule has 0 spiro atoms. The van der Waals surface area contributed by atoms with Crippen LogP contribution in [-0.4, -0.2) is 74.2 Å². The fourth-order valence-electron chi connectivity index (χ4n) is 7.71. The second kappa shape index (κ2) is 21.1. The zero-order valence-corrected chi connectivity index (χ0v) is 40.8. The Morgan fingerprint density at radius 2 is 1.00 bits per heavy atom. The third kappa shape index (κ3) is 11.9. The number of methoxy groups -OCH3 is 6. The fraction of sp³-hybridized carbons (Fsp3) is 0.373. The summed E-state index contributed by atoms with van der Waals surface area (Å²) in [7, 11) is 4.97. The van der Waals surface area contributed by atoms with E-state index in [1.165, 1.54) is 60.9 Å². The maximum atomic E-state index is 14.5. The Bertz CT molecular complexity index is 2680. The second-order valence-corrected chi connectivity index (χ2v) is 18.7. The molecule has 68 heavy (non-hydrogen) atoms. The number of fused-ring (bicyclic) bond motifs is 2. The van der Waals surface area contributed by atoms with Crippen molar-refractivity contribution >= 4 is 22.1 Å². The molecule has 2 aliphatic rings. The van der Waals surface area contributed by atoms with E-state index >= 15 is 0 Å². The Labute approximate surface area is 396 Å². The van der Waals surface area contributed by atoms with Crippen molar-refractivity contribution in [3.63, 3.8) is 0 Å². The number of benzene rings is 5. The molecule has 0 radical (unpaired) electrons. The molecule has 0 aliphatic carbocycles. The summed E-state index contributed by atoms with van der Waals surface area (Å²) >= 11 is 0. The number of carbonyl (C=O) groups is 2. The number of rotatable bonds is 15. The third-order valence-corrected chi connectivity index (χ3v) is 12.4. The van der Waals surface area contributed by atoms with E-state index in [4.69, 9.17) is 51.6 Å². The molecule has 2 unspecified atom stereocenters. The zero-order valence-electron chi connectivity index (χ0n) is 40.0. The second-order valence-electron chi connectivity index (χ2n) is 17.2. The molecule has 0 aromatic heterocycles. The van der Waals surface area contributed by atoms with Crippen LogP contribution in [0.15, 0.2) is 89.8 Å². The lowest BCUT2D eigenvalue weighted by Gasteiger charge is -2.37. The number of carbonyl (C=O) groups excluding carboxylic acids is 2. The lowest BCUT2D eigenvalue weighted by Crippen LogP contribution is -2.36. The van der Waals surface area contributed by atoms with Gasteiger partial charge in [0.05, 0.1) is 58.7 Å². The van der Waals surface area contributed by atoms with Crippen LogP contribution in [0.3, 0.4) is 0 Å². The van der Waals surface area contributed by atoms with Crippen LogP contribution in [0, 0.1) is 6.92 Å². The minimum Gasteiger partial charge on any atom is -0.493 e. The van der Waals surface area contributed by atoms with Crippen molar-refractivity contribution < 1.29 is 73.9 Å². The molecule has 2 aliphatic heterocycles. The summed E-state index contributed by atoms with van der Waals surface area (Å²) < 4.78 is 101. The van der Waals surface area contributed by atoms with Crippen LogP contribution in [0.2, 0.25) is 0 Å². The van der Waals surface area contributed by atoms with Gasteiger partial charge in [-0.25, -0.2) is 14.0 Å². The van der Waals surface area contributed by atoms with Gasteiger partial charge in [0.25, 0.3) is 10.1 Å².